The number of aliphatic hydroxyl groups excluding tert-OH is 1. The minimum Gasteiger partial charge on any atom is -0.394 e. The lowest BCUT2D eigenvalue weighted by molar-refractivity contribution is 0.182. The zero-order valence-corrected chi connectivity index (χ0v) is 11.5. The van der Waals surface area contributed by atoms with E-state index in [9.17, 15) is 5.11 Å². The first-order valence-electron chi connectivity index (χ1n) is 6.51. The lowest BCUT2D eigenvalue weighted by Crippen LogP contribution is -2.42. The highest BCUT2D eigenvalue weighted by Crippen LogP contribution is 2.22. The van der Waals surface area contributed by atoms with Crippen LogP contribution < -0.4 is 5.73 Å². The summed E-state index contributed by atoms with van der Waals surface area (Å²) in [6.45, 7) is 3.89. The lowest BCUT2D eigenvalue weighted by Gasteiger charge is -2.25. The van der Waals surface area contributed by atoms with E-state index < -0.39 is 5.54 Å². The first-order chi connectivity index (χ1) is 9.02. The van der Waals surface area contributed by atoms with Gasteiger partial charge in [0.15, 0.2) is 0 Å². The fraction of sp³-hybridized carbons (Fsp3) is 0.400. The normalized spacial score (nSPS) is 16.0. The average molecular weight is 259 g/mol. The number of nitrogens with two attached hydrogens (primary N) is 1. The smallest absolute Gasteiger partial charge is 0.0609 e. The molecular formula is C15H21N3O. The summed E-state index contributed by atoms with van der Waals surface area (Å²) in [7, 11) is 0. The number of aliphatic hydroxyl groups is 1. The van der Waals surface area contributed by atoms with Crippen molar-refractivity contribution in [2.75, 3.05) is 6.61 Å². The Kier molecular flexibility index (Phi) is 4.02. The van der Waals surface area contributed by atoms with Gasteiger partial charge in [0.25, 0.3) is 0 Å². The fourth-order valence-electron chi connectivity index (χ4n) is 2.19. The molecule has 3 N–H and O–H groups in total. The van der Waals surface area contributed by atoms with Crippen LogP contribution in [0.15, 0.2) is 42.7 Å². The van der Waals surface area contributed by atoms with Gasteiger partial charge >= 0.3 is 0 Å². The number of hydrogen-bond donors (Lipinski definition) is 2. The Morgan fingerprint density at radius 1 is 1.32 bits per heavy atom. The van der Waals surface area contributed by atoms with E-state index in [1.807, 2.05) is 42.2 Å². The van der Waals surface area contributed by atoms with Gasteiger partial charge in [0, 0.05) is 17.3 Å². The molecule has 2 aromatic rings. The third-order valence-corrected chi connectivity index (χ3v) is 3.28. The number of benzene rings is 1. The Bertz CT molecular complexity index is 519. The fourth-order valence-corrected chi connectivity index (χ4v) is 2.19. The molecule has 1 aromatic heterocycles. The molecule has 19 heavy (non-hydrogen) atoms. The molecule has 102 valence electrons. The highest BCUT2D eigenvalue weighted by molar-refractivity contribution is 5.61. The van der Waals surface area contributed by atoms with Gasteiger partial charge in [-0.05, 0) is 25.8 Å². The molecule has 4 heteroatoms. The molecule has 0 radical (unpaired) electrons. The monoisotopic (exact) mass is 259 g/mol. The predicted molar refractivity (Wildman–Crippen MR) is 76.7 cm³/mol. The molecule has 2 rings (SSSR count). The van der Waals surface area contributed by atoms with E-state index in [4.69, 9.17) is 5.73 Å². The van der Waals surface area contributed by atoms with Crippen molar-refractivity contribution < 1.29 is 5.11 Å². The van der Waals surface area contributed by atoms with Crippen molar-refractivity contribution in [3.63, 3.8) is 0 Å². The van der Waals surface area contributed by atoms with Crippen LogP contribution in [0.5, 0.6) is 0 Å². The molecule has 0 bridgehead atoms. The summed E-state index contributed by atoms with van der Waals surface area (Å²) in [4.78, 5) is 0. The minimum atomic E-state index is -0.571. The van der Waals surface area contributed by atoms with E-state index in [1.54, 1.807) is 0 Å². The van der Waals surface area contributed by atoms with Crippen LogP contribution in [-0.4, -0.2) is 27.0 Å². The summed E-state index contributed by atoms with van der Waals surface area (Å²) < 4.78 is 1.91. The number of nitrogens with zero attached hydrogens (tertiary/aromatic N) is 2. The summed E-state index contributed by atoms with van der Waals surface area (Å²) in [5, 5.41) is 13.6. The van der Waals surface area contributed by atoms with Crippen LogP contribution in [0.1, 0.15) is 26.3 Å². The molecule has 0 aliphatic carbocycles. The highest BCUT2D eigenvalue weighted by Gasteiger charge is 2.22. The van der Waals surface area contributed by atoms with Crippen LogP contribution in [0.2, 0.25) is 0 Å². The Balaban J connectivity index is 2.13. The molecule has 2 unspecified atom stereocenters. The van der Waals surface area contributed by atoms with E-state index in [0.29, 0.717) is 6.42 Å². The van der Waals surface area contributed by atoms with Crippen LogP contribution in [0.3, 0.4) is 0 Å². The van der Waals surface area contributed by atoms with Crippen LogP contribution >= 0.6 is 0 Å². The quantitative estimate of drug-likeness (QED) is 0.865. The standard InChI is InChI=1S/C15H21N3O/c1-12(8-15(2,16)11-19)18-10-14(9-17-18)13-6-4-3-5-7-13/h3-7,9-10,12,19H,8,11,16H2,1-2H3. The van der Waals surface area contributed by atoms with Gasteiger partial charge in [-0.2, -0.15) is 5.10 Å². The van der Waals surface area contributed by atoms with E-state index in [1.165, 1.54) is 0 Å². The molecule has 0 amide bonds. The summed E-state index contributed by atoms with van der Waals surface area (Å²) in [6, 6.07) is 10.3. The SMILES string of the molecule is CC(CC(C)(N)CO)n1cc(-c2ccccc2)cn1. The molecule has 4 nitrogen and oxygen atoms in total. The van der Waals surface area contributed by atoms with Crippen LogP contribution in [0.25, 0.3) is 11.1 Å². The zero-order valence-electron chi connectivity index (χ0n) is 11.5. The van der Waals surface area contributed by atoms with Gasteiger partial charge in [0.05, 0.1) is 18.8 Å². The van der Waals surface area contributed by atoms with Gasteiger partial charge in [-0.15, -0.1) is 0 Å². The Hall–Kier alpha value is -1.65. The van der Waals surface area contributed by atoms with E-state index in [0.717, 1.165) is 11.1 Å². The molecule has 1 heterocycles. The van der Waals surface area contributed by atoms with Crippen molar-refractivity contribution in [3.8, 4) is 11.1 Å². The maximum atomic E-state index is 9.22. The van der Waals surface area contributed by atoms with E-state index in [2.05, 4.69) is 24.2 Å². The minimum absolute atomic E-state index is 0.0237. The van der Waals surface area contributed by atoms with Crippen LogP contribution in [0.4, 0.5) is 0 Å². The Morgan fingerprint density at radius 2 is 2.00 bits per heavy atom. The molecular weight excluding hydrogens is 238 g/mol. The molecule has 0 aliphatic rings. The van der Waals surface area contributed by atoms with Gasteiger partial charge in [0.2, 0.25) is 0 Å². The molecule has 2 atom stereocenters. The topological polar surface area (TPSA) is 64.1 Å². The van der Waals surface area contributed by atoms with E-state index >= 15 is 0 Å². The molecule has 0 fully saturated rings. The molecule has 0 saturated carbocycles. The van der Waals surface area contributed by atoms with Gasteiger partial charge in [-0.3, -0.25) is 4.68 Å². The maximum Gasteiger partial charge on any atom is 0.0609 e. The molecule has 0 spiro atoms. The summed E-state index contributed by atoms with van der Waals surface area (Å²) in [5.41, 5.74) is 7.65. The zero-order chi connectivity index (χ0) is 13.9. The third kappa shape index (κ3) is 3.43. The van der Waals surface area contributed by atoms with Crippen molar-refractivity contribution in [2.24, 2.45) is 5.73 Å². The Labute approximate surface area is 113 Å². The maximum absolute atomic E-state index is 9.22. The predicted octanol–water partition coefficient (Wildman–Crippen LogP) is 2.21. The average Bonchev–Trinajstić information content (AvgIpc) is 2.89. The number of hydrogen-bond acceptors (Lipinski definition) is 3. The van der Waals surface area contributed by atoms with Crippen molar-refractivity contribution in [3.05, 3.63) is 42.7 Å². The first-order valence-corrected chi connectivity index (χ1v) is 6.51. The molecule has 0 saturated heterocycles. The van der Waals surface area contributed by atoms with Crippen LogP contribution in [0, 0.1) is 0 Å². The lowest BCUT2D eigenvalue weighted by atomic mass is 9.96. The second-order valence-electron chi connectivity index (χ2n) is 5.44. The third-order valence-electron chi connectivity index (χ3n) is 3.28. The van der Waals surface area contributed by atoms with Gasteiger partial charge in [-0.25, -0.2) is 0 Å². The largest absolute Gasteiger partial charge is 0.394 e. The Morgan fingerprint density at radius 3 is 2.63 bits per heavy atom. The van der Waals surface area contributed by atoms with Gasteiger partial charge in [0.1, 0.15) is 0 Å². The van der Waals surface area contributed by atoms with Gasteiger partial charge < -0.3 is 10.8 Å². The second kappa shape index (κ2) is 5.55. The summed E-state index contributed by atoms with van der Waals surface area (Å²) in [5.74, 6) is 0. The van der Waals surface area contributed by atoms with Crippen molar-refractivity contribution in [1.29, 1.82) is 0 Å². The number of aromatic nitrogens is 2. The van der Waals surface area contributed by atoms with Crippen molar-refractivity contribution >= 4 is 0 Å². The van der Waals surface area contributed by atoms with Crippen molar-refractivity contribution in [2.45, 2.75) is 31.8 Å². The molecule has 0 aliphatic heterocycles. The van der Waals surface area contributed by atoms with Crippen LogP contribution in [-0.2, 0) is 0 Å². The summed E-state index contributed by atoms with van der Waals surface area (Å²) in [6.07, 6.45) is 4.56. The van der Waals surface area contributed by atoms with Gasteiger partial charge in [-0.1, -0.05) is 30.3 Å². The van der Waals surface area contributed by atoms with Crippen molar-refractivity contribution in [1.82, 2.24) is 9.78 Å². The molecule has 1 aromatic carbocycles. The number of rotatable bonds is 5. The first kappa shape index (κ1) is 13.8. The highest BCUT2D eigenvalue weighted by atomic mass is 16.3. The van der Waals surface area contributed by atoms with E-state index in [-0.39, 0.29) is 12.6 Å². The summed E-state index contributed by atoms with van der Waals surface area (Å²) >= 11 is 0. The second-order valence-corrected chi connectivity index (χ2v) is 5.44.